The number of aryl methyl sites for hydroxylation is 1. The molecule has 0 radical (unpaired) electrons. The normalized spacial score (nSPS) is 10.5. The summed E-state index contributed by atoms with van der Waals surface area (Å²) in [4.78, 5) is 48.2. The number of carbonyl (C=O) groups is 4. The van der Waals surface area contributed by atoms with Crippen LogP contribution >= 0.6 is 0 Å². The summed E-state index contributed by atoms with van der Waals surface area (Å²) in [5.74, 6) is -0.204. The summed E-state index contributed by atoms with van der Waals surface area (Å²) in [6.07, 6.45) is 1.06. The quantitative estimate of drug-likeness (QED) is 0.0783. The van der Waals surface area contributed by atoms with Gasteiger partial charge in [0, 0.05) is 18.4 Å². The van der Waals surface area contributed by atoms with Crippen molar-refractivity contribution in [1.29, 1.82) is 0 Å². The Balaban J connectivity index is 1.43. The van der Waals surface area contributed by atoms with Crippen molar-refractivity contribution in [3.63, 3.8) is 0 Å². The Morgan fingerprint density at radius 1 is 0.667 bits per heavy atom. The van der Waals surface area contributed by atoms with Gasteiger partial charge in [-0.25, -0.2) is 14.4 Å². The third-order valence-electron chi connectivity index (χ3n) is 6.15. The lowest BCUT2D eigenvalue weighted by Gasteiger charge is -2.11. The third-order valence-corrected chi connectivity index (χ3v) is 6.15. The average molecular weight is 619 g/mol. The van der Waals surface area contributed by atoms with E-state index >= 15 is 0 Å². The Labute approximate surface area is 262 Å². The van der Waals surface area contributed by atoms with Crippen molar-refractivity contribution in [2.45, 2.75) is 40.5 Å². The zero-order valence-electron chi connectivity index (χ0n) is 26.0. The van der Waals surface area contributed by atoms with E-state index < -0.39 is 17.9 Å². The van der Waals surface area contributed by atoms with Gasteiger partial charge in [-0.2, -0.15) is 0 Å². The summed E-state index contributed by atoms with van der Waals surface area (Å²) in [7, 11) is 0. The molecule has 0 aliphatic heterocycles. The molecule has 0 bridgehead atoms. The second kappa shape index (κ2) is 17.2. The van der Waals surface area contributed by atoms with Crippen LogP contribution in [-0.4, -0.2) is 50.3 Å². The van der Waals surface area contributed by atoms with Crippen LogP contribution in [0.25, 0.3) is 0 Å². The monoisotopic (exact) mass is 618 g/mol. The van der Waals surface area contributed by atoms with Crippen LogP contribution in [-0.2, 0) is 19.1 Å². The number of esters is 4. The predicted octanol–water partition coefficient (Wildman–Crippen LogP) is 6.29. The van der Waals surface area contributed by atoms with Crippen molar-refractivity contribution in [3.05, 3.63) is 95.6 Å². The maximum Gasteiger partial charge on any atom is 0.343 e. The van der Waals surface area contributed by atoms with E-state index in [1.165, 1.54) is 0 Å². The largest absolute Gasteiger partial charge is 0.493 e. The van der Waals surface area contributed by atoms with E-state index in [1.807, 2.05) is 0 Å². The lowest BCUT2D eigenvalue weighted by molar-refractivity contribution is -0.147. The van der Waals surface area contributed by atoms with Gasteiger partial charge in [0.25, 0.3) is 0 Å². The summed E-state index contributed by atoms with van der Waals surface area (Å²) in [5, 5.41) is 0. The first-order chi connectivity index (χ1) is 21.5. The summed E-state index contributed by atoms with van der Waals surface area (Å²) in [6.45, 7) is 11.6. The lowest BCUT2D eigenvalue weighted by atomic mass is 10.2. The molecule has 0 aliphatic carbocycles. The Bertz CT molecular complexity index is 1470. The first-order valence-corrected chi connectivity index (χ1v) is 14.5. The number of carbonyl (C=O) groups excluding carboxylic acids is 4. The molecule has 0 heterocycles. The molecule has 10 nitrogen and oxygen atoms in total. The van der Waals surface area contributed by atoms with Crippen molar-refractivity contribution < 1.29 is 47.6 Å². The smallest absolute Gasteiger partial charge is 0.343 e. The number of ether oxygens (including phenoxy) is 6. The second-order valence-corrected chi connectivity index (χ2v) is 10.4. The van der Waals surface area contributed by atoms with Gasteiger partial charge in [0.05, 0.1) is 43.5 Å². The molecule has 0 N–H and O–H groups in total. The SMILES string of the molecule is C=C(C)C(=O)OCCCOc1ccc(C(=O)Oc2ccc(OC(=O)c3ccc(OCCCOC(=O)C(C)C)cc3)cc2C)cc1. The highest BCUT2D eigenvalue weighted by Gasteiger charge is 2.14. The lowest BCUT2D eigenvalue weighted by Crippen LogP contribution is -2.14. The van der Waals surface area contributed by atoms with Crippen LogP contribution in [0.1, 0.15) is 59.9 Å². The fourth-order valence-corrected chi connectivity index (χ4v) is 3.62. The highest BCUT2D eigenvalue weighted by atomic mass is 16.5. The zero-order chi connectivity index (χ0) is 32.8. The molecule has 238 valence electrons. The molecule has 10 heteroatoms. The number of hydrogen-bond acceptors (Lipinski definition) is 10. The molecule has 0 aromatic heterocycles. The van der Waals surface area contributed by atoms with Gasteiger partial charge in [0.2, 0.25) is 0 Å². The Kier molecular flexibility index (Phi) is 13.2. The third kappa shape index (κ3) is 11.5. The van der Waals surface area contributed by atoms with Crippen LogP contribution in [0.5, 0.6) is 23.0 Å². The van der Waals surface area contributed by atoms with E-state index in [0.717, 1.165) is 0 Å². The minimum absolute atomic E-state index is 0.167. The second-order valence-electron chi connectivity index (χ2n) is 10.4. The molecule has 3 rings (SSSR count). The molecule has 0 unspecified atom stereocenters. The van der Waals surface area contributed by atoms with Gasteiger partial charge in [-0.1, -0.05) is 20.4 Å². The molecule has 0 spiro atoms. The van der Waals surface area contributed by atoms with E-state index in [-0.39, 0.29) is 25.1 Å². The van der Waals surface area contributed by atoms with E-state index in [9.17, 15) is 19.2 Å². The van der Waals surface area contributed by atoms with Crippen LogP contribution in [0.3, 0.4) is 0 Å². The Morgan fingerprint density at radius 2 is 1.16 bits per heavy atom. The first-order valence-electron chi connectivity index (χ1n) is 14.5. The van der Waals surface area contributed by atoms with Crippen LogP contribution in [0.4, 0.5) is 0 Å². The predicted molar refractivity (Wildman–Crippen MR) is 166 cm³/mol. The molecule has 3 aromatic carbocycles. The molecule has 0 aliphatic rings. The van der Waals surface area contributed by atoms with Crippen LogP contribution < -0.4 is 18.9 Å². The molecule has 45 heavy (non-hydrogen) atoms. The summed E-state index contributed by atoms with van der Waals surface area (Å²) in [6, 6.07) is 17.7. The molecule has 0 amide bonds. The van der Waals surface area contributed by atoms with Crippen LogP contribution in [0.2, 0.25) is 0 Å². The number of benzene rings is 3. The topological polar surface area (TPSA) is 124 Å². The van der Waals surface area contributed by atoms with E-state index in [2.05, 4.69) is 6.58 Å². The first kappa shape index (κ1) is 34.4. The molecular weight excluding hydrogens is 580 g/mol. The van der Waals surface area contributed by atoms with Crippen molar-refractivity contribution >= 4 is 23.9 Å². The van der Waals surface area contributed by atoms with Gasteiger partial charge in [-0.05, 0) is 86.1 Å². The highest BCUT2D eigenvalue weighted by Crippen LogP contribution is 2.26. The maximum atomic E-state index is 12.7. The summed E-state index contributed by atoms with van der Waals surface area (Å²) >= 11 is 0. The van der Waals surface area contributed by atoms with E-state index in [1.54, 1.807) is 94.4 Å². The van der Waals surface area contributed by atoms with Crippen molar-refractivity contribution in [1.82, 2.24) is 0 Å². The number of rotatable bonds is 16. The molecule has 3 aromatic rings. The fraction of sp³-hybridized carbons (Fsp3) is 0.314. The highest BCUT2D eigenvalue weighted by molar-refractivity contribution is 5.92. The minimum Gasteiger partial charge on any atom is -0.493 e. The van der Waals surface area contributed by atoms with Crippen molar-refractivity contribution in [2.75, 3.05) is 26.4 Å². The fourth-order valence-electron chi connectivity index (χ4n) is 3.62. The summed E-state index contributed by atoms with van der Waals surface area (Å²) < 4.78 is 32.4. The molecule has 0 atom stereocenters. The van der Waals surface area contributed by atoms with Gasteiger partial charge < -0.3 is 28.4 Å². The van der Waals surface area contributed by atoms with Crippen LogP contribution in [0.15, 0.2) is 78.9 Å². The van der Waals surface area contributed by atoms with E-state index in [0.29, 0.717) is 71.3 Å². The standard InChI is InChI=1S/C35H38O10/c1-23(2)32(36)42-20-6-18-40-28-12-8-26(9-13-28)34(38)44-30-16-17-31(25(5)22-30)45-35(39)27-10-14-29(15-11-27)41-19-7-21-43-33(37)24(3)4/h8-17,22-23H,3,6-7,18-21H2,1-2,4-5H3. The molecule has 0 saturated heterocycles. The van der Waals surface area contributed by atoms with Gasteiger partial charge in [-0.3, -0.25) is 4.79 Å². The molecule has 0 fully saturated rings. The average Bonchev–Trinajstić information content (AvgIpc) is 3.02. The van der Waals surface area contributed by atoms with Crippen LogP contribution in [0, 0.1) is 12.8 Å². The minimum atomic E-state index is -0.556. The van der Waals surface area contributed by atoms with Crippen molar-refractivity contribution in [3.8, 4) is 23.0 Å². The van der Waals surface area contributed by atoms with E-state index in [4.69, 9.17) is 28.4 Å². The Hall–Kier alpha value is -5.12. The molecular formula is C35H38O10. The van der Waals surface area contributed by atoms with Gasteiger partial charge >= 0.3 is 23.9 Å². The van der Waals surface area contributed by atoms with Gasteiger partial charge in [0.15, 0.2) is 0 Å². The molecule has 0 saturated carbocycles. The van der Waals surface area contributed by atoms with Crippen molar-refractivity contribution in [2.24, 2.45) is 5.92 Å². The number of hydrogen-bond donors (Lipinski definition) is 0. The maximum absolute atomic E-state index is 12.7. The Morgan fingerprint density at radius 3 is 1.64 bits per heavy atom. The van der Waals surface area contributed by atoms with Gasteiger partial charge in [0.1, 0.15) is 23.0 Å². The summed E-state index contributed by atoms with van der Waals surface area (Å²) in [5.41, 5.74) is 1.60. The van der Waals surface area contributed by atoms with Gasteiger partial charge in [-0.15, -0.1) is 0 Å². The zero-order valence-corrected chi connectivity index (χ0v) is 26.0.